The van der Waals surface area contributed by atoms with Gasteiger partial charge in [0, 0.05) is 41.2 Å². The summed E-state index contributed by atoms with van der Waals surface area (Å²) in [4.78, 5) is 11.8. The second-order valence-corrected chi connectivity index (χ2v) is 7.95. The molecule has 1 aliphatic rings. The van der Waals surface area contributed by atoms with Gasteiger partial charge in [-0.3, -0.25) is 0 Å². The van der Waals surface area contributed by atoms with Crippen LogP contribution in [0.15, 0.2) is 28.7 Å². The fraction of sp³-hybridized carbons (Fsp3) is 0.421. The van der Waals surface area contributed by atoms with E-state index in [0.717, 1.165) is 33.5 Å². The number of aromatic nitrogens is 1. The summed E-state index contributed by atoms with van der Waals surface area (Å²) in [5, 5.41) is 1.14. The molecule has 121 valence electrons. The molecule has 5 heteroatoms. The number of hydrogen-bond acceptors (Lipinski definition) is 2. The molecule has 1 saturated carbocycles. The van der Waals surface area contributed by atoms with E-state index in [4.69, 9.17) is 4.74 Å². The van der Waals surface area contributed by atoms with Crippen molar-refractivity contribution in [1.29, 1.82) is 0 Å². The summed E-state index contributed by atoms with van der Waals surface area (Å²) in [6.07, 6.45) is 2.54. The molecule has 1 aromatic carbocycles. The van der Waals surface area contributed by atoms with E-state index in [0.29, 0.717) is 0 Å². The zero-order valence-electron chi connectivity index (χ0n) is 14.6. The third-order valence-electron chi connectivity index (χ3n) is 3.70. The number of fused-ring (bicyclic) bond motifs is 1. The van der Waals surface area contributed by atoms with Gasteiger partial charge in [0.05, 0.1) is 11.2 Å². The molecule has 1 heterocycles. The van der Waals surface area contributed by atoms with Crippen molar-refractivity contribution in [1.82, 2.24) is 4.57 Å². The molecule has 0 spiro atoms. The van der Waals surface area contributed by atoms with Crippen LogP contribution in [0.1, 0.15) is 39.3 Å². The number of esters is 1. The maximum atomic E-state index is 11.8. The number of benzene rings is 1. The van der Waals surface area contributed by atoms with Gasteiger partial charge >= 0.3 is 5.97 Å². The third-order valence-corrected chi connectivity index (χ3v) is 4.19. The van der Waals surface area contributed by atoms with Crippen molar-refractivity contribution < 1.29 is 9.53 Å². The summed E-state index contributed by atoms with van der Waals surface area (Å²) in [6.45, 7) is 6.48. The van der Waals surface area contributed by atoms with Crippen LogP contribution in [-0.2, 0) is 16.1 Å². The van der Waals surface area contributed by atoms with Gasteiger partial charge in [-0.2, -0.15) is 0 Å². The molecule has 0 atom stereocenters. The Bertz CT molecular complexity index is 819. The third kappa shape index (κ3) is 4.93. The van der Waals surface area contributed by atoms with Crippen LogP contribution in [0.3, 0.4) is 0 Å². The van der Waals surface area contributed by atoms with E-state index in [9.17, 15) is 4.79 Å². The zero-order chi connectivity index (χ0) is 16.6. The molecule has 0 N–H and O–H groups in total. The average Bonchev–Trinajstić information content (AvgIpc) is 3.18. The van der Waals surface area contributed by atoms with Gasteiger partial charge in [0.15, 0.2) is 0 Å². The van der Waals surface area contributed by atoms with Crippen LogP contribution >= 0.6 is 15.9 Å². The molecule has 1 aliphatic carbocycles. The number of ether oxygens (including phenoxy) is 1. The van der Waals surface area contributed by atoms with E-state index in [-0.39, 0.29) is 18.9 Å². The summed E-state index contributed by atoms with van der Waals surface area (Å²) in [7, 11) is 0. The number of nitrogens with zero attached hydrogens (tertiary/aromatic N) is 1. The smallest absolute Gasteiger partial charge is 0.385 e. The van der Waals surface area contributed by atoms with E-state index in [2.05, 4.69) is 44.5 Å². The number of carbonyl (C=O) groups excluding carboxylic acids is 1. The minimum absolute atomic E-state index is 0. The average molecular weight is 381 g/mol. The predicted octanol–water partition coefficient (Wildman–Crippen LogP) is 4.13. The van der Waals surface area contributed by atoms with Crippen LogP contribution in [0.5, 0.6) is 0 Å². The normalized spacial score (nSPS) is 13.8. The molecule has 1 aromatic heterocycles. The maximum absolute atomic E-state index is 11.8. The molecule has 0 saturated heterocycles. The predicted molar refractivity (Wildman–Crippen MR) is 101 cm³/mol. The summed E-state index contributed by atoms with van der Waals surface area (Å²) < 4.78 is 8.52. The molecule has 0 aliphatic heterocycles. The van der Waals surface area contributed by atoms with Crippen LogP contribution in [0, 0.1) is 17.8 Å². The molecule has 3 rings (SSSR count). The SMILES string of the molecule is CC(C)(C)OC(=O)C#Cc1cc2ccc(Br)cc2n1CC1CC1.[Li]. The van der Waals surface area contributed by atoms with E-state index in [1.165, 1.54) is 12.8 Å². The quantitative estimate of drug-likeness (QED) is 0.445. The van der Waals surface area contributed by atoms with Crippen molar-refractivity contribution in [3.8, 4) is 11.8 Å². The largest absolute Gasteiger partial charge is 0.450 e. The van der Waals surface area contributed by atoms with Crippen molar-refractivity contribution in [2.75, 3.05) is 0 Å². The van der Waals surface area contributed by atoms with Gasteiger partial charge in [-0.15, -0.1) is 0 Å². The Hall–Kier alpha value is -1.13. The van der Waals surface area contributed by atoms with E-state index in [1.54, 1.807) is 0 Å². The second kappa shape index (κ2) is 7.40. The molecule has 0 amide bonds. The Morgan fingerprint density at radius 3 is 2.67 bits per heavy atom. The van der Waals surface area contributed by atoms with Gasteiger partial charge < -0.3 is 9.30 Å². The molecule has 2 aromatic rings. The second-order valence-electron chi connectivity index (χ2n) is 7.04. The Labute approximate surface area is 163 Å². The van der Waals surface area contributed by atoms with Gasteiger partial charge in [-0.1, -0.05) is 22.0 Å². The van der Waals surface area contributed by atoms with Gasteiger partial charge in [-0.05, 0) is 63.7 Å². The Kier molecular flexibility index (Phi) is 5.92. The maximum Gasteiger partial charge on any atom is 0.385 e. The first kappa shape index (κ1) is 19.2. The van der Waals surface area contributed by atoms with Crippen molar-refractivity contribution >= 4 is 51.7 Å². The molecule has 0 unspecified atom stereocenters. The number of rotatable bonds is 2. The van der Waals surface area contributed by atoms with Crippen LogP contribution in [0.25, 0.3) is 10.9 Å². The van der Waals surface area contributed by atoms with Crippen LogP contribution in [0.4, 0.5) is 0 Å². The fourth-order valence-corrected chi connectivity index (χ4v) is 2.85. The summed E-state index contributed by atoms with van der Waals surface area (Å²) >= 11 is 3.53. The summed E-state index contributed by atoms with van der Waals surface area (Å²) in [5.41, 5.74) is 1.51. The van der Waals surface area contributed by atoms with E-state index < -0.39 is 11.6 Å². The topological polar surface area (TPSA) is 31.2 Å². The number of carbonyl (C=O) groups is 1. The zero-order valence-corrected chi connectivity index (χ0v) is 16.2. The van der Waals surface area contributed by atoms with E-state index in [1.807, 2.05) is 32.9 Å². The van der Waals surface area contributed by atoms with Crippen molar-refractivity contribution in [3.63, 3.8) is 0 Å². The molecule has 3 nitrogen and oxygen atoms in total. The van der Waals surface area contributed by atoms with Crippen molar-refractivity contribution in [2.45, 2.75) is 45.8 Å². The molecule has 1 fully saturated rings. The number of halogens is 1. The fourth-order valence-electron chi connectivity index (χ4n) is 2.51. The van der Waals surface area contributed by atoms with Crippen LogP contribution in [-0.4, -0.2) is 35.0 Å². The molecular weight excluding hydrogens is 361 g/mol. The Balaban J connectivity index is 0.00000208. The van der Waals surface area contributed by atoms with Gasteiger partial charge in [0.25, 0.3) is 0 Å². The minimum Gasteiger partial charge on any atom is -0.450 e. The first-order valence-electron chi connectivity index (χ1n) is 7.85. The summed E-state index contributed by atoms with van der Waals surface area (Å²) in [6, 6.07) is 8.24. The Morgan fingerprint density at radius 1 is 1.33 bits per heavy atom. The molecule has 1 radical (unpaired) electrons. The first-order valence-corrected chi connectivity index (χ1v) is 8.65. The minimum atomic E-state index is -0.517. The number of hydrogen-bond donors (Lipinski definition) is 0. The first-order chi connectivity index (χ1) is 10.8. The van der Waals surface area contributed by atoms with Crippen molar-refractivity contribution in [3.05, 3.63) is 34.4 Å². The molecule has 24 heavy (non-hydrogen) atoms. The standard InChI is InChI=1S/C19H20BrNO2.Li/c1-19(2,3)23-18(22)9-8-16-10-14-6-7-15(20)11-17(14)21(16)12-13-4-5-13;/h6-7,10-11,13H,4-5,12H2,1-3H3;. The monoisotopic (exact) mass is 380 g/mol. The Morgan fingerprint density at radius 2 is 2.04 bits per heavy atom. The molecular formula is C19H20BrLiNO2. The van der Waals surface area contributed by atoms with Gasteiger partial charge in [-0.25, -0.2) is 4.79 Å². The van der Waals surface area contributed by atoms with Crippen LogP contribution in [0.2, 0.25) is 0 Å². The van der Waals surface area contributed by atoms with Crippen molar-refractivity contribution in [2.24, 2.45) is 5.92 Å². The van der Waals surface area contributed by atoms with E-state index >= 15 is 0 Å². The summed E-state index contributed by atoms with van der Waals surface area (Å²) in [5.74, 6) is 5.87. The van der Waals surface area contributed by atoms with Crippen LogP contribution < -0.4 is 0 Å². The molecule has 0 bridgehead atoms. The van der Waals surface area contributed by atoms with Gasteiger partial charge in [0.1, 0.15) is 5.60 Å². The van der Waals surface area contributed by atoms with Gasteiger partial charge in [0.2, 0.25) is 0 Å².